The van der Waals surface area contributed by atoms with E-state index in [1.54, 1.807) is 13.0 Å². The van der Waals surface area contributed by atoms with E-state index in [1.165, 1.54) is 12.1 Å². The number of ether oxygens (including phenoxy) is 1. The van der Waals surface area contributed by atoms with Crippen LogP contribution in [0.2, 0.25) is 0 Å². The minimum absolute atomic E-state index is 0.146. The number of benzene rings is 1. The highest BCUT2D eigenvalue weighted by Crippen LogP contribution is 2.21. The minimum Gasteiger partial charge on any atom is -0.490 e. The van der Waals surface area contributed by atoms with Gasteiger partial charge >= 0.3 is 0 Å². The number of hydrogen-bond acceptors (Lipinski definition) is 2. The Morgan fingerprint density at radius 3 is 2.73 bits per heavy atom. The Labute approximate surface area is 88.0 Å². The highest BCUT2D eigenvalue weighted by atomic mass is 19.1. The molecule has 0 bridgehead atoms. The van der Waals surface area contributed by atoms with E-state index in [0.29, 0.717) is 5.56 Å². The molecule has 0 saturated heterocycles. The zero-order chi connectivity index (χ0) is 11.3. The fourth-order valence-electron chi connectivity index (χ4n) is 1.15. The Bertz CT molecular complexity index is 315. The molecule has 0 aliphatic heterocycles. The van der Waals surface area contributed by atoms with Crippen LogP contribution in [0.15, 0.2) is 18.2 Å². The van der Waals surface area contributed by atoms with Crippen molar-refractivity contribution < 1.29 is 13.5 Å². The lowest BCUT2D eigenvalue weighted by Gasteiger charge is -2.09. The van der Waals surface area contributed by atoms with Crippen molar-refractivity contribution >= 4 is 0 Å². The van der Waals surface area contributed by atoms with Crippen molar-refractivity contribution in [2.45, 2.75) is 19.4 Å². The van der Waals surface area contributed by atoms with Crippen LogP contribution in [0.25, 0.3) is 0 Å². The lowest BCUT2D eigenvalue weighted by molar-refractivity contribution is 0.277. The topological polar surface area (TPSA) is 35.2 Å². The molecule has 84 valence electrons. The molecule has 2 N–H and O–H groups in total. The molecule has 0 fully saturated rings. The van der Waals surface area contributed by atoms with Crippen molar-refractivity contribution in [2.75, 3.05) is 13.3 Å². The van der Waals surface area contributed by atoms with Crippen LogP contribution in [0.5, 0.6) is 5.75 Å². The first-order chi connectivity index (χ1) is 7.15. The number of alkyl halides is 1. The van der Waals surface area contributed by atoms with Crippen molar-refractivity contribution in [1.82, 2.24) is 0 Å². The van der Waals surface area contributed by atoms with Crippen LogP contribution in [0, 0.1) is 5.82 Å². The summed E-state index contributed by atoms with van der Waals surface area (Å²) in [6.07, 6.45) is 0.272. The minimum atomic E-state index is -0.459. The Balaban J connectivity index is 2.66. The fourth-order valence-corrected chi connectivity index (χ4v) is 1.15. The normalized spacial score (nSPS) is 12.5. The number of rotatable bonds is 5. The van der Waals surface area contributed by atoms with E-state index < -0.39 is 12.5 Å². The highest BCUT2D eigenvalue weighted by Gasteiger charge is 2.06. The van der Waals surface area contributed by atoms with Crippen LogP contribution >= 0.6 is 0 Å². The molecule has 4 heteroatoms. The maximum Gasteiger partial charge on any atom is 0.165 e. The Kier molecular flexibility index (Phi) is 4.49. The largest absolute Gasteiger partial charge is 0.490 e. The van der Waals surface area contributed by atoms with Crippen molar-refractivity contribution in [3.63, 3.8) is 0 Å². The first-order valence-corrected chi connectivity index (χ1v) is 4.89. The van der Waals surface area contributed by atoms with Crippen LogP contribution in [0.4, 0.5) is 8.78 Å². The maximum absolute atomic E-state index is 13.4. The van der Waals surface area contributed by atoms with Crippen molar-refractivity contribution in [2.24, 2.45) is 5.73 Å². The summed E-state index contributed by atoms with van der Waals surface area (Å²) < 4.78 is 30.2. The second-order valence-electron chi connectivity index (χ2n) is 3.37. The van der Waals surface area contributed by atoms with E-state index in [1.807, 2.05) is 0 Å². The fraction of sp³-hybridized carbons (Fsp3) is 0.455. The van der Waals surface area contributed by atoms with Gasteiger partial charge in [-0.05, 0) is 24.6 Å². The third-order valence-electron chi connectivity index (χ3n) is 2.02. The SMILES string of the molecule is CC(N)c1ccc(OCCCF)c(F)c1. The monoisotopic (exact) mass is 215 g/mol. The molecule has 15 heavy (non-hydrogen) atoms. The summed E-state index contributed by atoms with van der Waals surface area (Å²) in [5, 5.41) is 0. The molecule has 0 amide bonds. The van der Waals surface area contributed by atoms with E-state index in [9.17, 15) is 8.78 Å². The summed E-state index contributed by atoms with van der Waals surface area (Å²) in [6, 6.07) is 4.36. The molecule has 0 heterocycles. The standard InChI is InChI=1S/C11H15F2NO/c1-8(14)9-3-4-11(10(13)7-9)15-6-2-5-12/h3-4,7-8H,2,5-6,14H2,1H3. The van der Waals surface area contributed by atoms with Gasteiger partial charge in [-0.2, -0.15) is 0 Å². The molecule has 2 nitrogen and oxygen atoms in total. The van der Waals surface area contributed by atoms with Gasteiger partial charge in [-0.1, -0.05) is 6.07 Å². The lowest BCUT2D eigenvalue weighted by atomic mass is 10.1. The molecule has 0 aliphatic carbocycles. The van der Waals surface area contributed by atoms with E-state index in [2.05, 4.69) is 0 Å². The highest BCUT2D eigenvalue weighted by molar-refractivity contribution is 5.30. The summed E-state index contributed by atoms with van der Waals surface area (Å²) in [6.45, 7) is 1.50. The molecular weight excluding hydrogens is 200 g/mol. The number of hydrogen-bond donors (Lipinski definition) is 1. The van der Waals surface area contributed by atoms with Gasteiger partial charge in [0.2, 0.25) is 0 Å². The van der Waals surface area contributed by atoms with Crippen molar-refractivity contribution in [1.29, 1.82) is 0 Å². The molecule has 0 saturated carbocycles. The molecule has 1 aromatic rings. The van der Waals surface area contributed by atoms with E-state index in [4.69, 9.17) is 10.5 Å². The second kappa shape index (κ2) is 5.66. The Morgan fingerprint density at radius 2 is 2.20 bits per heavy atom. The van der Waals surface area contributed by atoms with E-state index in [0.717, 1.165) is 0 Å². The average molecular weight is 215 g/mol. The molecular formula is C11H15F2NO. The third kappa shape index (κ3) is 3.47. The first kappa shape index (κ1) is 11.9. The van der Waals surface area contributed by atoms with Gasteiger partial charge in [0.1, 0.15) is 0 Å². The summed E-state index contributed by atoms with van der Waals surface area (Å²) in [5.74, 6) is -0.309. The smallest absolute Gasteiger partial charge is 0.165 e. The van der Waals surface area contributed by atoms with Gasteiger partial charge < -0.3 is 10.5 Å². The van der Waals surface area contributed by atoms with Gasteiger partial charge in [-0.3, -0.25) is 4.39 Å². The molecule has 1 rings (SSSR count). The van der Waals surface area contributed by atoms with Crippen LogP contribution in [0.3, 0.4) is 0 Å². The van der Waals surface area contributed by atoms with Gasteiger partial charge in [-0.15, -0.1) is 0 Å². The Morgan fingerprint density at radius 1 is 1.47 bits per heavy atom. The lowest BCUT2D eigenvalue weighted by Crippen LogP contribution is -2.06. The third-order valence-corrected chi connectivity index (χ3v) is 2.02. The van der Waals surface area contributed by atoms with Gasteiger partial charge in [0, 0.05) is 12.5 Å². The molecule has 1 aromatic carbocycles. The zero-order valence-electron chi connectivity index (χ0n) is 8.67. The average Bonchev–Trinajstić information content (AvgIpc) is 2.20. The molecule has 1 atom stereocenters. The number of halogens is 2. The quantitative estimate of drug-likeness (QED) is 0.766. The van der Waals surface area contributed by atoms with Crippen molar-refractivity contribution in [3.8, 4) is 5.75 Å². The van der Waals surface area contributed by atoms with Gasteiger partial charge in [0.25, 0.3) is 0 Å². The summed E-state index contributed by atoms with van der Waals surface area (Å²) >= 11 is 0. The number of nitrogens with two attached hydrogens (primary N) is 1. The zero-order valence-corrected chi connectivity index (χ0v) is 8.67. The molecule has 0 spiro atoms. The summed E-state index contributed by atoms with van der Waals surface area (Å²) in [4.78, 5) is 0. The maximum atomic E-state index is 13.4. The van der Waals surface area contributed by atoms with Gasteiger partial charge in [0.05, 0.1) is 13.3 Å². The molecule has 0 aromatic heterocycles. The molecule has 0 aliphatic rings. The predicted molar refractivity (Wildman–Crippen MR) is 55.1 cm³/mol. The van der Waals surface area contributed by atoms with Crippen LogP contribution in [-0.4, -0.2) is 13.3 Å². The van der Waals surface area contributed by atoms with Crippen LogP contribution < -0.4 is 10.5 Å². The summed E-state index contributed by atoms with van der Waals surface area (Å²) in [7, 11) is 0. The molecule has 0 radical (unpaired) electrons. The van der Waals surface area contributed by atoms with Crippen molar-refractivity contribution in [3.05, 3.63) is 29.6 Å². The first-order valence-electron chi connectivity index (χ1n) is 4.89. The second-order valence-corrected chi connectivity index (χ2v) is 3.37. The Hall–Kier alpha value is -1.16. The summed E-state index contributed by atoms with van der Waals surface area (Å²) in [5.41, 5.74) is 6.31. The van der Waals surface area contributed by atoms with Gasteiger partial charge in [0.15, 0.2) is 11.6 Å². The van der Waals surface area contributed by atoms with Gasteiger partial charge in [-0.25, -0.2) is 4.39 Å². The van der Waals surface area contributed by atoms with Crippen LogP contribution in [0.1, 0.15) is 24.9 Å². The van der Waals surface area contributed by atoms with E-state index >= 15 is 0 Å². The predicted octanol–water partition coefficient (Wildman–Crippen LogP) is 2.58. The van der Waals surface area contributed by atoms with E-state index in [-0.39, 0.29) is 24.8 Å². The van der Waals surface area contributed by atoms with Crippen LogP contribution in [-0.2, 0) is 0 Å². The molecule has 1 unspecified atom stereocenters.